The highest BCUT2D eigenvalue weighted by Gasteiger charge is 2.07. The molecule has 24 heavy (non-hydrogen) atoms. The van der Waals surface area contributed by atoms with E-state index in [1.54, 1.807) is 6.07 Å². The van der Waals surface area contributed by atoms with Crippen LogP contribution in [0.2, 0.25) is 0 Å². The van der Waals surface area contributed by atoms with Crippen LogP contribution >= 0.6 is 0 Å². The van der Waals surface area contributed by atoms with E-state index in [4.69, 9.17) is 4.74 Å². The summed E-state index contributed by atoms with van der Waals surface area (Å²) >= 11 is 0. The lowest BCUT2D eigenvalue weighted by Gasteiger charge is -2.10. The molecule has 0 spiro atoms. The third kappa shape index (κ3) is 5.35. The molecule has 2 rings (SSSR count). The number of benzene rings is 2. The summed E-state index contributed by atoms with van der Waals surface area (Å²) in [6, 6.07) is 12.7. The fraction of sp³-hybridized carbons (Fsp3) is 0.316. The van der Waals surface area contributed by atoms with Gasteiger partial charge in [0.1, 0.15) is 0 Å². The van der Waals surface area contributed by atoms with E-state index in [9.17, 15) is 9.18 Å². The molecule has 0 radical (unpaired) electrons. The summed E-state index contributed by atoms with van der Waals surface area (Å²) in [6.07, 6.45) is 0.139. The van der Waals surface area contributed by atoms with Gasteiger partial charge in [0, 0.05) is 13.1 Å². The van der Waals surface area contributed by atoms with Gasteiger partial charge >= 0.3 is 0 Å². The van der Waals surface area contributed by atoms with Gasteiger partial charge in [0.25, 0.3) is 0 Å². The summed E-state index contributed by atoms with van der Waals surface area (Å²) in [7, 11) is 5.46. The highest BCUT2D eigenvalue weighted by atomic mass is 19.1. The first kappa shape index (κ1) is 17.9. The molecule has 0 bridgehead atoms. The van der Waals surface area contributed by atoms with Gasteiger partial charge in [0.05, 0.1) is 13.5 Å². The third-order valence-corrected chi connectivity index (χ3v) is 3.59. The lowest BCUT2D eigenvalue weighted by Crippen LogP contribution is -2.24. The average Bonchev–Trinajstić information content (AvgIpc) is 2.54. The molecule has 1 amide bonds. The van der Waals surface area contributed by atoms with E-state index in [0.717, 1.165) is 12.1 Å². The van der Waals surface area contributed by atoms with Crippen molar-refractivity contribution in [1.29, 1.82) is 0 Å². The number of amides is 1. The van der Waals surface area contributed by atoms with Crippen LogP contribution in [0.1, 0.15) is 16.7 Å². The first-order valence-corrected chi connectivity index (χ1v) is 7.79. The molecule has 2 aromatic rings. The second kappa shape index (κ2) is 8.45. The van der Waals surface area contributed by atoms with Crippen molar-refractivity contribution in [2.45, 2.75) is 19.5 Å². The molecule has 0 aliphatic heterocycles. The molecule has 1 N–H and O–H groups in total. The number of hydrogen-bond acceptors (Lipinski definition) is 3. The Hall–Kier alpha value is -2.40. The van der Waals surface area contributed by atoms with Crippen LogP contribution in [0.25, 0.3) is 0 Å². The topological polar surface area (TPSA) is 41.6 Å². The van der Waals surface area contributed by atoms with Gasteiger partial charge in [-0.25, -0.2) is 4.39 Å². The van der Waals surface area contributed by atoms with Crippen LogP contribution in [0, 0.1) is 5.82 Å². The fourth-order valence-corrected chi connectivity index (χ4v) is 2.40. The maximum Gasteiger partial charge on any atom is 0.224 e. The van der Waals surface area contributed by atoms with Gasteiger partial charge in [-0.1, -0.05) is 30.3 Å². The summed E-state index contributed by atoms with van der Waals surface area (Å²) in [5, 5.41) is 2.85. The molecule has 0 unspecified atom stereocenters. The molecule has 128 valence electrons. The minimum atomic E-state index is -0.459. The fourth-order valence-electron chi connectivity index (χ4n) is 2.40. The van der Waals surface area contributed by atoms with Crippen molar-refractivity contribution in [2.24, 2.45) is 0 Å². The van der Waals surface area contributed by atoms with Gasteiger partial charge in [-0.05, 0) is 42.9 Å². The van der Waals surface area contributed by atoms with E-state index < -0.39 is 5.82 Å². The molecule has 4 nitrogen and oxygen atoms in total. The summed E-state index contributed by atoms with van der Waals surface area (Å²) in [5.74, 6) is -0.423. The number of hydrogen-bond donors (Lipinski definition) is 1. The quantitative estimate of drug-likeness (QED) is 0.849. The Morgan fingerprint density at radius 3 is 2.29 bits per heavy atom. The lowest BCUT2D eigenvalue weighted by molar-refractivity contribution is -0.120. The smallest absolute Gasteiger partial charge is 0.224 e. The van der Waals surface area contributed by atoms with E-state index in [1.165, 1.54) is 24.8 Å². The third-order valence-electron chi connectivity index (χ3n) is 3.59. The number of methoxy groups -OCH3 is 1. The maximum atomic E-state index is 13.6. The zero-order valence-electron chi connectivity index (χ0n) is 14.3. The second-order valence-electron chi connectivity index (χ2n) is 5.98. The molecule has 0 heterocycles. The molecule has 0 atom stereocenters. The van der Waals surface area contributed by atoms with Gasteiger partial charge in [0.2, 0.25) is 5.91 Å². The van der Waals surface area contributed by atoms with E-state index in [1.807, 2.05) is 26.2 Å². The molecule has 0 saturated carbocycles. The van der Waals surface area contributed by atoms with Crippen molar-refractivity contribution in [3.05, 3.63) is 65.0 Å². The minimum absolute atomic E-state index is 0.139. The summed E-state index contributed by atoms with van der Waals surface area (Å²) in [4.78, 5) is 14.1. The molecule has 2 aromatic carbocycles. The Bertz CT molecular complexity index is 684. The molecular formula is C19H23FN2O2. The highest BCUT2D eigenvalue weighted by Crippen LogP contribution is 2.17. The Morgan fingerprint density at radius 2 is 1.71 bits per heavy atom. The van der Waals surface area contributed by atoms with Gasteiger partial charge in [-0.15, -0.1) is 0 Å². The van der Waals surface area contributed by atoms with Gasteiger partial charge < -0.3 is 15.0 Å². The predicted octanol–water partition coefficient (Wildman–Crippen LogP) is 2.75. The van der Waals surface area contributed by atoms with Crippen LogP contribution in [-0.2, 0) is 24.3 Å². The minimum Gasteiger partial charge on any atom is -0.494 e. The Morgan fingerprint density at radius 1 is 1.08 bits per heavy atom. The predicted molar refractivity (Wildman–Crippen MR) is 92.3 cm³/mol. The molecule has 0 saturated heterocycles. The van der Waals surface area contributed by atoms with Crippen molar-refractivity contribution in [3.63, 3.8) is 0 Å². The zero-order chi connectivity index (χ0) is 17.5. The first-order chi connectivity index (χ1) is 11.5. The van der Waals surface area contributed by atoms with Crippen LogP contribution < -0.4 is 10.1 Å². The van der Waals surface area contributed by atoms with Crippen molar-refractivity contribution in [1.82, 2.24) is 10.2 Å². The first-order valence-electron chi connectivity index (χ1n) is 7.79. The number of nitrogens with zero attached hydrogens (tertiary/aromatic N) is 1. The van der Waals surface area contributed by atoms with E-state index >= 15 is 0 Å². The number of carbonyl (C=O) groups excluding carboxylic acids is 1. The number of carbonyl (C=O) groups is 1. The summed E-state index contributed by atoms with van der Waals surface area (Å²) in [5.41, 5.74) is 2.88. The van der Waals surface area contributed by atoms with Crippen LogP contribution in [0.3, 0.4) is 0 Å². The maximum absolute atomic E-state index is 13.6. The van der Waals surface area contributed by atoms with E-state index in [2.05, 4.69) is 22.3 Å². The van der Waals surface area contributed by atoms with Gasteiger partial charge in [-0.2, -0.15) is 0 Å². The van der Waals surface area contributed by atoms with Crippen molar-refractivity contribution in [3.8, 4) is 5.75 Å². The standard InChI is InChI=1S/C19H23FN2O2/c1-22(2)13-15-6-4-14(5-7-15)12-21-19(23)11-16-8-9-18(24-3)17(20)10-16/h4-10H,11-13H2,1-3H3,(H,21,23). The van der Waals surface area contributed by atoms with Crippen LogP contribution in [0.15, 0.2) is 42.5 Å². The summed E-state index contributed by atoms with van der Waals surface area (Å²) in [6.45, 7) is 1.34. The Labute approximate surface area is 142 Å². The molecular weight excluding hydrogens is 307 g/mol. The highest BCUT2D eigenvalue weighted by molar-refractivity contribution is 5.78. The zero-order valence-corrected chi connectivity index (χ0v) is 14.3. The van der Waals surface area contributed by atoms with Gasteiger partial charge in [-0.3, -0.25) is 4.79 Å². The molecule has 0 aromatic heterocycles. The van der Waals surface area contributed by atoms with E-state index in [0.29, 0.717) is 12.1 Å². The van der Waals surface area contributed by atoms with Crippen LogP contribution in [0.4, 0.5) is 4.39 Å². The monoisotopic (exact) mass is 330 g/mol. The molecule has 0 fully saturated rings. The van der Waals surface area contributed by atoms with Crippen LogP contribution in [0.5, 0.6) is 5.75 Å². The van der Waals surface area contributed by atoms with Gasteiger partial charge in [0.15, 0.2) is 11.6 Å². The molecule has 0 aliphatic rings. The Balaban J connectivity index is 1.85. The van der Waals surface area contributed by atoms with Crippen molar-refractivity contribution in [2.75, 3.05) is 21.2 Å². The second-order valence-corrected chi connectivity index (χ2v) is 5.98. The largest absolute Gasteiger partial charge is 0.494 e. The number of ether oxygens (including phenoxy) is 1. The Kier molecular flexibility index (Phi) is 6.32. The van der Waals surface area contributed by atoms with Crippen molar-refractivity contribution >= 4 is 5.91 Å². The normalized spacial score (nSPS) is 10.7. The molecule has 0 aliphatic carbocycles. The summed E-state index contributed by atoms with van der Waals surface area (Å²) < 4.78 is 18.5. The number of nitrogens with one attached hydrogen (secondary N) is 1. The number of rotatable bonds is 7. The van der Waals surface area contributed by atoms with Crippen molar-refractivity contribution < 1.29 is 13.9 Å². The SMILES string of the molecule is COc1ccc(CC(=O)NCc2ccc(CN(C)C)cc2)cc1F. The average molecular weight is 330 g/mol. The van der Waals surface area contributed by atoms with E-state index in [-0.39, 0.29) is 18.1 Å². The van der Waals surface area contributed by atoms with Crippen LogP contribution in [-0.4, -0.2) is 32.0 Å². The number of halogens is 1. The lowest BCUT2D eigenvalue weighted by atomic mass is 10.1. The molecule has 5 heteroatoms.